The van der Waals surface area contributed by atoms with Gasteiger partial charge in [0.2, 0.25) is 5.91 Å². The first-order valence-corrected chi connectivity index (χ1v) is 6.95. The molecule has 0 radical (unpaired) electrons. The van der Waals surface area contributed by atoms with Crippen molar-refractivity contribution in [1.82, 2.24) is 0 Å². The van der Waals surface area contributed by atoms with E-state index in [-0.39, 0.29) is 11.8 Å². The van der Waals surface area contributed by atoms with Crippen molar-refractivity contribution in [2.45, 2.75) is 39.8 Å². The van der Waals surface area contributed by atoms with Crippen LogP contribution in [0, 0.1) is 13.8 Å². The Balaban J connectivity index is 3.45. The van der Waals surface area contributed by atoms with E-state index in [9.17, 15) is 4.79 Å². The Morgan fingerprint density at radius 2 is 1.89 bits per heavy atom. The van der Waals surface area contributed by atoms with E-state index in [2.05, 4.69) is 0 Å². The maximum absolute atomic E-state index is 12.3. The van der Waals surface area contributed by atoms with E-state index in [0.29, 0.717) is 6.42 Å². The normalized spacial score (nSPS) is 14.0. The van der Waals surface area contributed by atoms with E-state index < -0.39 is 5.72 Å². The molecule has 106 valence electrons. The molecule has 1 amide bonds. The summed E-state index contributed by atoms with van der Waals surface area (Å²) in [6, 6.07) is 5.96. The fraction of sp³-hybridized carbons (Fsp3) is 0.533. The Bertz CT molecular complexity index is 435. The molecule has 1 unspecified atom stereocenters. The topological polar surface area (TPSA) is 29.5 Å². The number of ether oxygens (including phenoxy) is 1. The number of nitrogens with zero attached hydrogens (tertiary/aromatic N) is 1. The molecule has 0 aliphatic carbocycles. The molecule has 0 heterocycles. The summed E-state index contributed by atoms with van der Waals surface area (Å²) in [4.78, 5) is 14.0. The number of rotatable bonds is 5. The van der Waals surface area contributed by atoms with Crippen molar-refractivity contribution in [2.75, 3.05) is 17.9 Å². The second kappa shape index (κ2) is 6.40. The SMILES string of the molecule is CCC(C)(OC)N(C(=O)CCl)c1c(C)cccc1C. The molecule has 0 N–H and O–H groups in total. The predicted molar refractivity (Wildman–Crippen MR) is 79.8 cm³/mol. The zero-order valence-corrected chi connectivity index (χ0v) is 13.0. The molecule has 0 spiro atoms. The van der Waals surface area contributed by atoms with Crippen LogP contribution in [-0.2, 0) is 9.53 Å². The molecule has 0 saturated carbocycles. The van der Waals surface area contributed by atoms with Crippen LogP contribution in [-0.4, -0.2) is 24.6 Å². The fourth-order valence-electron chi connectivity index (χ4n) is 2.24. The van der Waals surface area contributed by atoms with Crippen molar-refractivity contribution in [1.29, 1.82) is 0 Å². The van der Waals surface area contributed by atoms with Gasteiger partial charge in [-0.3, -0.25) is 9.69 Å². The number of benzene rings is 1. The van der Waals surface area contributed by atoms with Gasteiger partial charge in [0.05, 0.1) is 5.69 Å². The van der Waals surface area contributed by atoms with Crippen molar-refractivity contribution < 1.29 is 9.53 Å². The maximum Gasteiger partial charge on any atom is 0.244 e. The second-order valence-corrected chi connectivity index (χ2v) is 5.10. The summed E-state index contributed by atoms with van der Waals surface area (Å²) in [6.07, 6.45) is 0.680. The summed E-state index contributed by atoms with van der Waals surface area (Å²) < 4.78 is 5.58. The summed E-state index contributed by atoms with van der Waals surface area (Å²) in [5, 5.41) is 0. The Hall–Kier alpha value is -1.06. The lowest BCUT2D eigenvalue weighted by atomic mass is 10.0. The number of carbonyl (C=O) groups excluding carboxylic acids is 1. The Morgan fingerprint density at radius 3 is 2.26 bits per heavy atom. The first-order chi connectivity index (χ1) is 8.91. The van der Waals surface area contributed by atoms with Gasteiger partial charge in [-0.2, -0.15) is 0 Å². The number of anilines is 1. The number of amides is 1. The number of aryl methyl sites for hydroxylation is 2. The van der Waals surface area contributed by atoms with Gasteiger partial charge in [-0.1, -0.05) is 25.1 Å². The number of carbonyl (C=O) groups is 1. The van der Waals surface area contributed by atoms with Crippen LogP contribution >= 0.6 is 11.6 Å². The van der Waals surface area contributed by atoms with Crippen molar-refractivity contribution in [3.8, 4) is 0 Å². The molecule has 0 saturated heterocycles. The van der Waals surface area contributed by atoms with Gasteiger partial charge >= 0.3 is 0 Å². The van der Waals surface area contributed by atoms with Crippen molar-refractivity contribution in [3.63, 3.8) is 0 Å². The quantitative estimate of drug-likeness (QED) is 0.610. The van der Waals surface area contributed by atoms with E-state index in [4.69, 9.17) is 16.3 Å². The lowest BCUT2D eigenvalue weighted by Crippen LogP contribution is -2.52. The molecule has 1 aromatic carbocycles. The van der Waals surface area contributed by atoms with Crippen LogP contribution in [0.15, 0.2) is 18.2 Å². The molecule has 4 heteroatoms. The van der Waals surface area contributed by atoms with E-state index >= 15 is 0 Å². The van der Waals surface area contributed by atoms with E-state index in [1.807, 2.05) is 45.9 Å². The van der Waals surface area contributed by atoms with Crippen molar-refractivity contribution >= 4 is 23.2 Å². The average Bonchev–Trinajstić information content (AvgIpc) is 2.41. The van der Waals surface area contributed by atoms with E-state index in [1.54, 1.807) is 12.0 Å². The monoisotopic (exact) mass is 283 g/mol. The molecule has 19 heavy (non-hydrogen) atoms. The number of hydrogen-bond acceptors (Lipinski definition) is 2. The van der Waals surface area contributed by atoms with Crippen LogP contribution in [0.1, 0.15) is 31.4 Å². The van der Waals surface area contributed by atoms with Gasteiger partial charge in [0, 0.05) is 7.11 Å². The summed E-state index contributed by atoms with van der Waals surface area (Å²) in [6.45, 7) is 7.88. The summed E-state index contributed by atoms with van der Waals surface area (Å²) in [5.41, 5.74) is 2.27. The van der Waals surface area contributed by atoms with Crippen LogP contribution in [0.25, 0.3) is 0 Å². The van der Waals surface area contributed by atoms with Crippen molar-refractivity contribution in [2.24, 2.45) is 0 Å². The summed E-state index contributed by atoms with van der Waals surface area (Å²) in [5.74, 6) is -0.211. The van der Waals surface area contributed by atoms with Gasteiger partial charge in [0.25, 0.3) is 0 Å². The number of hydrogen-bond donors (Lipinski definition) is 0. The Kier molecular flexibility index (Phi) is 5.39. The lowest BCUT2D eigenvalue weighted by molar-refractivity contribution is -0.122. The van der Waals surface area contributed by atoms with Gasteiger partial charge in [0.15, 0.2) is 0 Å². The first-order valence-electron chi connectivity index (χ1n) is 6.41. The number of para-hydroxylation sites is 1. The summed E-state index contributed by atoms with van der Waals surface area (Å²) in [7, 11) is 1.62. The van der Waals surface area contributed by atoms with Crippen LogP contribution in [0.4, 0.5) is 5.69 Å². The minimum Gasteiger partial charge on any atom is -0.359 e. The van der Waals surface area contributed by atoms with Gasteiger partial charge in [-0.25, -0.2) is 0 Å². The largest absolute Gasteiger partial charge is 0.359 e. The summed E-state index contributed by atoms with van der Waals surface area (Å²) >= 11 is 5.77. The smallest absolute Gasteiger partial charge is 0.244 e. The molecular formula is C15H22ClNO2. The molecule has 0 aliphatic heterocycles. The molecule has 0 bridgehead atoms. The number of alkyl halides is 1. The van der Waals surface area contributed by atoms with Crippen LogP contribution < -0.4 is 4.90 Å². The molecule has 0 aliphatic rings. The first kappa shape index (κ1) is 16.0. The van der Waals surface area contributed by atoms with Gasteiger partial charge in [-0.15, -0.1) is 11.6 Å². The third kappa shape index (κ3) is 3.10. The second-order valence-electron chi connectivity index (χ2n) is 4.84. The number of methoxy groups -OCH3 is 1. The third-order valence-electron chi connectivity index (χ3n) is 3.60. The van der Waals surface area contributed by atoms with Gasteiger partial charge in [0.1, 0.15) is 11.6 Å². The maximum atomic E-state index is 12.3. The highest BCUT2D eigenvalue weighted by atomic mass is 35.5. The average molecular weight is 284 g/mol. The van der Waals surface area contributed by atoms with Crippen molar-refractivity contribution in [3.05, 3.63) is 29.3 Å². The highest BCUT2D eigenvalue weighted by molar-refractivity contribution is 6.29. The molecule has 3 nitrogen and oxygen atoms in total. The van der Waals surface area contributed by atoms with Gasteiger partial charge in [-0.05, 0) is 38.3 Å². The Labute approximate surface area is 120 Å². The van der Waals surface area contributed by atoms with Crippen LogP contribution in [0.5, 0.6) is 0 Å². The standard InChI is InChI=1S/C15H22ClNO2/c1-6-15(4,19-5)17(13(18)10-16)14-11(2)8-7-9-12(14)3/h7-9H,6,10H2,1-5H3. The predicted octanol–water partition coefficient (Wildman–Crippen LogP) is 3.65. The van der Waals surface area contributed by atoms with E-state index in [0.717, 1.165) is 16.8 Å². The highest BCUT2D eigenvalue weighted by Gasteiger charge is 2.36. The van der Waals surface area contributed by atoms with Crippen LogP contribution in [0.2, 0.25) is 0 Å². The van der Waals surface area contributed by atoms with Gasteiger partial charge < -0.3 is 4.74 Å². The minimum absolute atomic E-state index is 0.0628. The minimum atomic E-state index is -0.692. The lowest BCUT2D eigenvalue weighted by Gasteiger charge is -2.40. The zero-order chi connectivity index (χ0) is 14.6. The molecular weight excluding hydrogens is 262 g/mol. The fourth-order valence-corrected chi connectivity index (χ4v) is 2.36. The van der Waals surface area contributed by atoms with Crippen LogP contribution in [0.3, 0.4) is 0 Å². The zero-order valence-electron chi connectivity index (χ0n) is 12.3. The highest BCUT2D eigenvalue weighted by Crippen LogP contribution is 2.33. The van der Waals surface area contributed by atoms with E-state index in [1.165, 1.54) is 0 Å². The Morgan fingerprint density at radius 1 is 1.37 bits per heavy atom. The molecule has 1 rings (SSSR count). The third-order valence-corrected chi connectivity index (χ3v) is 3.82. The number of halogens is 1. The molecule has 0 aromatic heterocycles. The molecule has 0 fully saturated rings. The molecule has 1 aromatic rings. The molecule has 1 atom stereocenters.